The normalized spacial score (nSPS) is 22.4. The van der Waals surface area contributed by atoms with E-state index in [1.54, 1.807) is 16.4 Å². The molecule has 0 aliphatic carbocycles. The third-order valence-electron chi connectivity index (χ3n) is 4.64. The monoisotopic (exact) mass is 308 g/mol. The van der Waals surface area contributed by atoms with Crippen molar-refractivity contribution in [2.24, 2.45) is 5.41 Å². The number of aryl methyl sites for hydroxylation is 1. The number of hydrogen-bond donors (Lipinski definition) is 1. The zero-order valence-corrected chi connectivity index (χ0v) is 12.9. The third-order valence-corrected chi connectivity index (χ3v) is 6.55. The quantitative estimate of drug-likeness (QED) is 0.895. The van der Waals surface area contributed by atoms with Crippen LogP contribution >= 0.6 is 0 Å². The minimum atomic E-state index is -3.41. The number of nitrogens with zero attached hydrogens (tertiary/aromatic N) is 1. The molecule has 5 nitrogen and oxygen atoms in total. The number of rotatable bonds is 2. The van der Waals surface area contributed by atoms with Gasteiger partial charge in [-0.25, -0.2) is 8.42 Å². The summed E-state index contributed by atoms with van der Waals surface area (Å²) in [7, 11) is -3.41. The molecule has 0 aromatic heterocycles. The SMILES string of the molecule is Cc1ccc(S(=O)(=O)N2CCC3(CC2)CNC(=O)C3)cc1. The van der Waals surface area contributed by atoms with E-state index in [1.807, 2.05) is 19.1 Å². The van der Waals surface area contributed by atoms with Gasteiger partial charge in [0.05, 0.1) is 4.90 Å². The molecular weight excluding hydrogens is 288 g/mol. The van der Waals surface area contributed by atoms with E-state index in [0.29, 0.717) is 31.0 Å². The van der Waals surface area contributed by atoms with Crippen molar-refractivity contribution < 1.29 is 13.2 Å². The van der Waals surface area contributed by atoms with Gasteiger partial charge in [0.1, 0.15) is 0 Å². The van der Waals surface area contributed by atoms with Crippen LogP contribution in [0, 0.1) is 12.3 Å². The van der Waals surface area contributed by atoms with E-state index in [2.05, 4.69) is 5.32 Å². The molecule has 21 heavy (non-hydrogen) atoms. The second kappa shape index (κ2) is 5.10. The van der Waals surface area contributed by atoms with E-state index in [4.69, 9.17) is 0 Å². The molecule has 6 heteroatoms. The van der Waals surface area contributed by atoms with Crippen LogP contribution < -0.4 is 5.32 Å². The highest BCUT2D eigenvalue weighted by atomic mass is 32.2. The fraction of sp³-hybridized carbons (Fsp3) is 0.533. The molecule has 2 aliphatic rings. The largest absolute Gasteiger partial charge is 0.356 e. The summed E-state index contributed by atoms with van der Waals surface area (Å²) in [5, 5.41) is 2.86. The molecule has 1 aromatic carbocycles. The van der Waals surface area contributed by atoms with Crippen molar-refractivity contribution in [3.05, 3.63) is 29.8 Å². The molecule has 1 N–H and O–H groups in total. The van der Waals surface area contributed by atoms with Gasteiger partial charge in [0.25, 0.3) is 0 Å². The Hall–Kier alpha value is -1.40. The Morgan fingerprint density at radius 1 is 1.14 bits per heavy atom. The van der Waals surface area contributed by atoms with Crippen LogP contribution in [0.25, 0.3) is 0 Å². The van der Waals surface area contributed by atoms with E-state index in [9.17, 15) is 13.2 Å². The summed E-state index contributed by atoms with van der Waals surface area (Å²) < 4.78 is 26.8. The van der Waals surface area contributed by atoms with Gasteiger partial charge in [-0.05, 0) is 37.3 Å². The van der Waals surface area contributed by atoms with Gasteiger partial charge in [0.15, 0.2) is 0 Å². The average Bonchev–Trinajstić information content (AvgIpc) is 2.81. The van der Waals surface area contributed by atoms with Crippen molar-refractivity contribution in [1.82, 2.24) is 9.62 Å². The molecular formula is C15H20N2O3S. The molecule has 0 atom stereocenters. The maximum atomic E-state index is 12.6. The van der Waals surface area contributed by atoms with Crippen LogP contribution in [0.2, 0.25) is 0 Å². The first-order valence-electron chi connectivity index (χ1n) is 7.25. The van der Waals surface area contributed by atoms with Gasteiger partial charge in [-0.15, -0.1) is 0 Å². The summed E-state index contributed by atoms with van der Waals surface area (Å²) in [4.78, 5) is 11.8. The molecule has 1 spiro atoms. The number of amides is 1. The number of nitrogens with one attached hydrogen (secondary N) is 1. The molecule has 114 valence electrons. The van der Waals surface area contributed by atoms with E-state index < -0.39 is 10.0 Å². The molecule has 2 saturated heterocycles. The van der Waals surface area contributed by atoms with Crippen LogP contribution in [0.4, 0.5) is 0 Å². The Morgan fingerprint density at radius 3 is 2.29 bits per heavy atom. The first kappa shape index (κ1) is 14.5. The predicted molar refractivity (Wildman–Crippen MR) is 79.2 cm³/mol. The van der Waals surface area contributed by atoms with Crippen molar-refractivity contribution in [2.45, 2.75) is 31.1 Å². The van der Waals surface area contributed by atoms with Gasteiger partial charge in [-0.1, -0.05) is 17.7 Å². The van der Waals surface area contributed by atoms with Crippen LogP contribution in [-0.4, -0.2) is 38.3 Å². The van der Waals surface area contributed by atoms with Crippen LogP contribution in [0.1, 0.15) is 24.8 Å². The maximum absolute atomic E-state index is 12.6. The van der Waals surface area contributed by atoms with Crippen LogP contribution in [-0.2, 0) is 14.8 Å². The van der Waals surface area contributed by atoms with Gasteiger partial charge in [0.2, 0.25) is 15.9 Å². The van der Waals surface area contributed by atoms with Gasteiger partial charge in [-0.3, -0.25) is 4.79 Å². The summed E-state index contributed by atoms with van der Waals surface area (Å²) in [6.45, 7) is 3.60. The summed E-state index contributed by atoms with van der Waals surface area (Å²) in [6, 6.07) is 6.96. The van der Waals surface area contributed by atoms with E-state index in [-0.39, 0.29) is 11.3 Å². The Labute approximate surface area is 125 Å². The molecule has 0 bridgehead atoms. The predicted octanol–water partition coefficient (Wildman–Crippen LogP) is 1.29. The van der Waals surface area contributed by atoms with Crippen LogP contribution in [0.15, 0.2) is 29.2 Å². The molecule has 2 aliphatic heterocycles. The van der Waals surface area contributed by atoms with Crippen LogP contribution in [0.3, 0.4) is 0 Å². The summed E-state index contributed by atoms with van der Waals surface area (Å²) in [6.07, 6.45) is 2.03. The van der Waals surface area contributed by atoms with E-state index in [0.717, 1.165) is 18.4 Å². The highest BCUT2D eigenvalue weighted by Gasteiger charge is 2.43. The Morgan fingerprint density at radius 2 is 1.76 bits per heavy atom. The number of hydrogen-bond acceptors (Lipinski definition) is 3. The lowest BCUT2D eigenvalue weighted by molar-refractivity contribution is -0.119. The highest BCUT2D eigenvalue weighted by Crippen LogP contribution is 2.38. The minimum Gasteiger partial charge on any atom is -0.356 e. The maximum Gasteiger partial charge on any atom is 0.243 e. The van der Waals surface area contributed by atoms with Crippen molar-refractivity contribution in [3.63, 3.8) is 0 Å². The fourth-order valence-electron chi connectivity index (χ4n) is 3.17. The van der Waals surface area contributed by atoms with Gasteiger partial charge in [0, 0.05) is 26.1 Å². The Balaban J connectivity index is 1.74. The molecule has 0 unspecified atom stereocenters. The lowest BCUT2D eigenvalue weighted by Crippen LogP contribution is -2.43. The lowest BCUT2D eigenvalue weighted by atomic mass is 9.78. The van der Waals surface area contributed by atoms with Crippen molar-refractivity contribution in [2.75, 3.05) is 19.6 Å². The smallest absolute Gasteiger partial charge is 0.243 e. The van der Waals surface area contributed by atoms with Crippen molar-refractivity contribution in [3.8, 4) is 0 Å². The van der Waals surface area contributed by atoms with Gasteiger partial charge < -0.3 is 5.32 Å². The Kier molecular flexibility index (Phi) is 3.53. The zero-order chi connectivity index (χ0) is 15.1. The number of carbonyl (C=O) groups excluding carboxylic acids is 1. The van der Waals surface area contributed by atoms with Gasteiger partial charge >= 0.3 is 0 Å². The van der Waals surface area contributed by atoms with E-state index >= 15 is 0 Å². The average molecular weight is 308 g/mol. The Bertz CT molecular complexity index is 644. The first-order chi connectivity index (χ1) is 9.91. The summed E-state index contributed by atoms with van der Waals surface area (Å²) in [5.74, 6) is 0.0878. The molecule has 3 rings (SSSR count). The fourth-order valence-corrected chi connectivity index (χ4v) is 4.61. The first-order valence-corrected chi connectivity index (χ1v) is 8.69. The number of benzene rings is 1. The summed E-state index contributed by atoms with van der Waals surface area (Å²) >= 11 is 0. The van der Waals surface area contributed by atoms with E-state index in [1.165, 1.54) is 0 Å². The number of sulfonamides is 1. The second-order valence-electron chi connectivity index (χ2n) is 6.17. The van der Waals surface area contributed by atoms with Crippen molar-refractivity contribution >= 4 is 15.9 Å². The summed E-state index contributed by atoms with van der Waals surface area (Å²) in [5.41, 5.74) is 1.01. The minimum absolute atomic E-state index is 0.0314. The highest BCUT2D eigenvalue weighted by molar-refractivity contribution is 7.89. The molecule has 1 amide bonds. The third kappa shape index (κ3) is 2.70. The second-order valence-corrected chi connectivity index (χ2v) is 8.11. The number of carbonyl (C=O) groups is 1. The zero-order valence-electron chi connectivity index (χ0n) is 12.1. The standard InChI is InChI=1S/C15H20N2O3S/c1-12-2-4-13(5-3-12)21(19,20)17-8-6-15(7-9-17)10-14(18)16-11-15/h2-5H,6-11H2,1H3,(H,16,18). The topological polar surface area (TPSA) is 66.5 Å². The number of piperidine rings is 1. The van der Waals surface area contributed by atoms with Crippen LogP contribution in [0.5, 0.6) is 0 Å². The molecule has 0 radical (unpaired) electrons. The molecule has 0 saturated carbocycles. The molecule has 1 aromatic rings. The lowest BCUT2D eigenvalue weighted by Gasteiger charge is -2.37. The molecule has 2 heterocycles. The molecule has 2 fully saturated rings. The van der Waals surface area contributed by atoms with Crippen molar-refractivity contribution in [1.29, 1.82) is 0 Å². The van der Waals surface area contributed by atoms with Gasteiger partial charge in [-0.2, -0.15) is 4.31 Å².